The number of hydrogen-bond acceptors (Lipinski definition) is 4. The molecule has 8 aromatic rings. The van der Waals surface area contributed by atoms with Gasteiger partial charge in [0.15, 0.2) is 0 Å². The van der Waals surface area contributed by atoms with Crippen molar-refractivity contribution in [3.63, 3.8) is 0 Å². The molecule has 0 radical (unpaired) electrons. The predicted molar refractivity (Wildman–Crippen MR) is 232 cm³/mol. The predicted octanol–water partition coefficient (Wildman–Crippen LogP) is 11.9. The van der Waals surface area contributed by atoms with Crippen LogP contribution in [0.15, 0.2) is 217 Å². The average Bonchev–Trinajstić information content (AvgIpc) is 3.57. The van der Waals surface area contributed by atoms with Crippen LogP contribution in [0.1, 0.15) is 45.1 Å². The van der Waals surface area contributed by atoms with E-state index < -0.39 is 5.41 Å². The molecule has 1 atom stereocenters. The van der Waals surface area contributed by atoms with Crippen molar-refractivity contribution in [1.29, 1.82) is 0 Å². The molecular weight excluding hydrogens is 681 g/mol. The van der Waals surface area contributed by atoms with Crippen LogP contribution in [0.3, 0.4) is 0 Å². The summed E-state index contributed by atoms with van der Waals surface area (Å²) in [5, 5.41) is 3.87. The van der Waals surface area contributed by atoms with Gasteiger partial charge in [0.25, 0.3) is 0 Å². The third kappa shape index (κ3) is 6.73. The topological polar surface area (TPSA) is 48.5 Å². The fraction of sp³-hybridized carbons (Fsp3) is 0.0577. The lowest BCUT2D eigenvalue weighted by molar-refractivity contribution is 0.449. The van der Waals surface area contributed by atoms with Gasteiger partial charge in [-0.2, -0.15) is 0 Å². The number of aliphatic imine (C=N–C) groups is 1. The molecule has 3 N–H and O–H groups in total. The summed E-state index contributed by atoms with van der Waals surface area (Å²) in [5.41, 5.74) is 21.8. The van der Waals surface area contributed by atoms with E-state index in [1.807, 2.05) is 42.6 Å². The first kappa shape index (κ1) is 34.9. The van der Waals surface area contributed by atoms with Gasteiger partial charge in [0.1, 0.15) is 6.17 Å². The first-order chi connectivity index (χ1) is 27.8. The average molecular weight is 723 g/mol. The SMILES string of the molecule is C(=NC(NNCc1cccc(Nc2ccc3c(c2-c2ccccc2)-c2ccccc2C3(c2ccccc2)c2ccccc2)c1)c1ccccc1)c1ccccc1. The van der Waals surface area contributed by atoms with Crippen LogP contribution in [0, 0.1) is 0 Å². The molecule has 4 heteroatoms. The minimum atomic E-state index is -0.474. The molecule has 0 bridgehead atoms. The first-order valence-corrected chi connectivity index (χ1v) is 19.2. The van der Waals surface area contributed by atoms with E-state index in [1.54, 1.807) is 0 Å². The van der Waals surface area contributed by atoms with Gasteiger partial charge in [0.05, 0.1) is 5.41 Å². The minimum Gasteiger partial charge on any atom is -0.355 e. The molecule has 1 aliphatic carbocycles. The number of benzene rings is 8. The number of nitrogens with zero attached hydrogens (tertiary/aromatic N) is 1. The molecule has 0 spiro atoms. The second kappa shape index (κ2) is 15.9. The van der Waals surface area contributed by atoms with E-state index in [9.17, 15) is 0 Å². The van der Waals surface area contributed by atoms with Crippen LogP contribution >= 0.6 is 0 Å². The molecule has 4 nitrogen and oxygen atoms in total. The Morgan fingerprint density at radius 1 is 0.518 bits per heavy atom. The lowest BCUT2D eigenvalue weighted by Crippen LogP contribution is -2.34. The fourth-order valence-corrected chi connectivity index (χ4v) is 8.25. The standard InChI is InChI=1S/C52H42N4/c1-6-19-38(20-7-1)36-53-51(41-24-10-3-11-25-41)56-54-37-39-21-18-30-44(35-39)55-48-34-33-47-50(49(48)40-22-8-2-9-23-40)45-31-16-17-32-46(45)52(47,42-26-12-4-13-27-42)43-28-14-5-15-29-43/h1-36,51,54-56H,37H2. The Balaban J connectivity index is 1.07. The van der Waals surface area contributed by atoms with Gasteiger partial charge in [-0.1, -0.05) is 194 Å². The minimum absolute atomic E-state index is 0.251. The maximum atomic E-state index is 4.89. The lowest BCUT2D eigenvalue weighted by Gasteiger charge is -2.34. The molecule has 0 amide bonds. The van der Waals surface area contributed by atoms with Crippen LogP contribution in [0.4, 0.5) is 11.4 Å². The molecule has 0 aromatic heterocycles. The van der Waals surface area contributed by atoms with Crippen molar-refractivity contribution in [2.75, 3.05) is 5.32 Å². The summed E-state index contributed by atoms with van der Waals surface area (Å²) in [6, 6.07) is 75.4. The van der Waals surface area contributed by atoms with Gasteiger partial charge in [-0.25, -0.2) is 5.43 Å². The molecule has 0 fully saturated rings. The monoisotopic (exact) mass is 722 g/mol. The summed E-state index contributed by atoms with van der Waals surface area (Å²) >= 11 is 0. The summed E-state index contributed by atoms with van der Waals surface area (Å²) in [6.45, 7) is 0.611. The number of nitrogens with one attached hydrogen (secondary N) is 3. The van der Waals surface area contributed by atoms with Crippen molar-refractivity contribution in [2.45, 2.75) is 18.1 Å². The smallest absolute Gasteiger partial charge is 0.137 e. The highest BCUT2D eigenvalue weighted by atomic mass is 15.4. The summed E-state index contributed by atoms with van der Waals surface area (Å²) in [4.78, 5) is 4.89. The molecule has 8 aromatic carbocycles. The highest BCUT2D eigenvalue weighted by Crippen LogP contribution is 2.59. The van der Waals surface area contributed by atoms with Crippen LogP contribution < -0.4 is 16.2 Å². The zero-order chi connectivity index (χ0) is 37.6. The number of hydrazine groups is 1. The van der Waals surface area contributed by atoms with Gasteiger partial charge < -0.3 is 5.32 Å². The Kier molecular flexibility index (Phi) is 9.88. The molecule has 270 valence electrons. The van der Waals surface area contributed by atoms with Crippen molar-refractivity contribution in [3.8, 4) is 22.3 Å². The van der Waals surface area contributed by atoms with E-state index in [1.165, 1.54) is 44.5 Å². The zero-order valence-electron chi connectivity index (χ0n) is 31.0. The summed E-state index contributed by atoms with van der Waals surface area (Å²) in [7, 11) is 0. The Morgan fingerprint density at radius 3 is 1.82 bits per heavy atom. The highest BCUT2D eigenvalue weighted by Gasteiger charge is 2.47. The summed E-state index contributed by atoms with van der Waals surface area (Å²) in [5.74, 6) is 0. The van der Waals surface area contributed by atoms with Gasteiger partial charge in [-0.05, 0) is 73.8 Å². The molecule has 0 aliphatic heterocycles. The maximum Gasteiger partial charge on any atom is 0.137 e. The molecule has 1 aliphatic rings. The number of fused-ring (bicyclic) bond motifs is 3. The Bertz CT molecular complexity index is 2530. The largest absolute Gasteiger partial charge is 0.355 e. The molecule has 56 heavy (non-hydrogen) atoms. The van der Waals surface area contributed by atoms with E-state index in [2.05, 4.69) is 192 Å². The second-order valence-electron chi connectivity index (χ2n) is 14.1. The molecule has 9 rings (SSSR count). The van der Waals surface area contributed by atoms with Crippen molar-refractivity contribution >= 4 is 17.6 Å². The number of hydrogen-bond donors (Lipinski definition) is 3. The Hall–Kier alpha value is -6.85. The molecule has 1 unspecified atom stereocenters. The van der Waals surface area contributed by atoms with Crippen molar-refractivity contribution in [2.24, 2.45) is 4.99 Å². The summed E-state index contributed by atoms with van der Waals surface area (Å²) in [6.07, 6.45) is 1.67. The van der Waals surface area contributed by atoms with Crippen molar-refractivity contribution in [1.82, 2.24) is 10.9 Å². The van der Waals surface area contributed by atoms with E-state index >= 15 is 0 Å². The van der Waals surface area contributed by atoms with E-state index in [0.29, 0.717) is 6.54 Å². The first-order valence-electron chi connectivity index (χ1n) is 19.2. The van der Waals surface area contributed by atoms with E-state index in [0.717, 1.165) is 28.1 Å². The quantitative estimate of drug-likeness (QED) is 0.0869. The Labute approximate surface area is 329 Å². The van der Waals surface area contributed by atoms with Gasteiger partial charge in [0, 0.05) is 29.7 Å². The third-order valence-electron chi connectivity index (χ3n) is 10.7. The van der Waals surface area contributed by atoms with E-state index in [4.69, 9.17) is 4.99 Å². The fourth-order valence-electron chi connectivity index (χ4n) is 8.25. The lowest BCUT2D eigenvalue weighted by atomic mass is 9.67. The second-order valence-corrected chi connectivity index (χ2v) is 14.1. The maximum absolute atomic E-state index is 4.89. The van der Waals surface area contributed by atoms with Gasteiger partial charge in [-0.3, -0.25) is 10.4 Å². The van der Waals surface area contributed by atoms with Crippen molar-refractivity contribution in [3.05, 3.63) is 251 Å². The molecule has 0 heterocycles. The van der Waals surface area contributed by atoms with Gasteiger partial charge in [0.2, 0.25) is 0 Å². The van der Waals surface area contributed by atoms with Crippen LogP contribution in [-0.4, -0.2) is 6.21 Å². The number of rotatable bonds is 12. The number of anilines is 2. The Morgan fingerprint density at radius 2 is 1.12 bits per heavy atom. The zero-order valence-corrected chi connectivity index (χ0v) is 31.0. The van der Waals surface area contributed by atoms with E-state index in [-0.39, 0.29) is 6.17 Å². The van der Waals surface area contributed by atoms with Crippen LogP contribution in [0.25, 0.3) is 22.3 Å². The molecular formula is C52H42N4. The van der Waals surface area contributed by atoms with Gasteiger partial charge in [-0.15, -0.1) is 0 Å². The molecule has 0 saturated heterocycles. The summed E-state index contributed by atoms with van der Waals surface area (Å²) < 4.78 is 0. The van der Waals surface area contributed by atoms with Gasteiger partial charge >= 0.3 is 0 Å². The van der Waals surface area contributed by atoms with Crippen LogP contribution in [0.5, 0.6) is 0 Å². The van der Waals surface area contributed by atoms with Crippen molar-refractivity contribution < 1.29 is 0 Å². The van der Waals surface area contributed by atoms with Crippen LogP contribution in [0.2, 0.25) is 0 Å². The normalized spacial score (nSPS) is 13.2. The molecule has 0 saturated carbocycles. The third-order valence-corrected chi connectivity index (χ3v) is 10.7. The highest BCUT2D eigenvalue weighted by molar-refractivity contribution is 6.01. The van der Waals surface area contributed by atoms with Crippen LogP contribution in [-0.2, 0) is 12.0 Å².